The lowest BCUT2D eigenvalue weighted by molar-refractivity contribution is 0.102. The molecule has 0 radical (unpaired) electrons. The van der Waals surface area contributed by atoms with Crippen molar-refractivity contribution in [1.29, 1.82) is 0 Å². The highest BCUT2D eigenvalue weighted by atomic mass is 32.2. The molecule has 0 aliphatic carbocycles. The molecule has 1 atom stereocenters. The van der Waals surface area contributed by atoms with Crippen molar-refractivity contribution in [3.05, 3.63) is 71.9 Å². The van der Waals surface area contributed by atoms with Gasteiger partial charge in [-0.05, 0) is 48.0 Å². The lowest BCUT2D eigenvalue weighted by atomic mass is 10.1. The van der Waals surface area contributed by atoms with Crippen LogP contribution < -0.4 is 19.7 Å². The van der Waals surface area contributed by atoms with Crippen molar-refractivity contribution in [1.82, 2.24) is 4.98 Å². The van der Waals surface area contributed by atoms with E-state index in [0.717, 1.165) is 17.1 Å². The van der Waals surface area contributed by atoms with Gasteiger partial charge in [-0.2, -0.15) is 0 Å². The summed E-state index contributed by atoms with van der Waals surface area (Å²) in [7, 11) is 5.15. The number of methoxy groups -OCH3 is 2. The molecule has 4 rings (SSSR count). The molecule has 1 aliphatic heterocycles. The van der Waals surface area contributed by atoms with Crippen LogP contribution in [0.2, 0.25) is 0 Å². The predicted octanol–water partition coefficient (Wildman–Crippen LogP) is 4.59. The van der Waals surface area contributed by atoms with Crippen molar-refractivity contribution in [3.63, 3.8) is 0 Å². The van der Waals surface area contributed by atoms with E-state index in [0.29, 0.717) is 17.1 Å². The molecule has 2 aromatic carbocycles. The Morgan fingerprint density at radius 2 is 1.83 bits per heavy atom. The van der Waals surface area contributed by atoms with Crippen LogP contribution in [-0.2, 0) is 0 Å². The van der Waals surface area contributed by atoms with Crippen LogP contribution in [0.1, 0.15) is 21.3 Å². The number of pyridine rings is 1. The maximum Gasteiger partial charge on any atom is 0.255 e. The SMILES string of the molecule is COc1ccc(C(=O)Nc2ccc(C3Sc4cccnc4N3C)cc2)cc1OC. The van der Waals surface area contributed by atoms with E-state index in [4.69, 9.17) is 9.47 Å². The number of amides is 1. The van der Waals surface area contributed by atoms with Gasteiger partial charge in [0.05, 0.1) is 19.1 Å². The van der Waals surface area contributed by atoms with Crippen LogP contribution in [0.15, 0.2) is 65.7 Å². The molecule has 148 valence electrons. The maximum atomic E-state index is 12.6. The molecule has 0 fully saturated rings. The number of hydrogen-bond donors (Lipinski definition) is 1. The number of fused-ring (bicyclic) bond motifs is 1. The Morgan fingerprint density at radius 1 is 1.07 bits per heavy atom. The normalized spacial score (nSPS) is 15.0. The summed E-state index contributed by atoms with van der Waals surface area (Å²) < 4.78 is 10.5. The van der Waals surface area contributed by atoms with Crippen LogP contribution in [0, 0.1) is 0 Å². The standard InChI is InChI=1S/C22H21N3O3S/c1-25-20-19(5-4-12-23-20)29-22(25)14-6-9-16(10-7-14)24-21(26)15-8-11-17(27-2)18(13-15)28-3/h4-13,22H,1-3H3,(H,24,26). The van der Waals surface area contributed by atoms with Crippen molar-refractivity contribution in [2.75, 3.05) is 31.5 Å². The van der Waals surface area contributed by atoms with Crippen LogP contribution in [0.5, 0.6) is 11.5 Å². The van der Waals surface area contributed by atoms with Gasteiger partial charge in [0.1, 0.15) is 11.2 Å². The van der Waals surface area contributed by atoms with Crippen LogP contribution in [-0.4, -0.2) is 32.2 Å². The second-order valence-corrected chi connectivity index (χ2v) is 7.67. The Kier molecular flexibility index (Phi) is 5.31. The van der Waals surface area contributed by atoms with Crippen LogP contribution in [0.25, 0.3) is 0 Å². The summed E-state index contributed by atoms with van der Waals surface area (Å²) in [6.45, 7) is 0. The van der Waals surface area contributed by atoms with E-state index in [1.54, 1.807) is 44.2 Å². The number of rotatable bonds is 5. The van der Waals surface area contributed by atoms with E-state index in [9.17, 15) is 4.79 Å². The van der Waals surface area contributed by atoms with Gasteiger partial charge in [0, 0.05) is 24.5 Å². The Bertz CT molecular complexity index is 1040. The minimum atomic E-state index is -0.206. The third-order valence-electron chi connectivity index (χ3n) is 4.77. The van der Waals surface area contributed by atoms with Gasteiger partial charge < -0.3 is 19.7 Å². The van der Waals surface area contributed by atoms with Crippen molar-refractivity contribution in [2.45, 2.75) is 10.3 Å². The molecule has 3 aromatic rings. The highest BCUT2D eigenvalue weighted by Crippen LogP contribution is 2.49. The van der Waals surface area contributed by atoms with Gasteiger partial charge >= 0.3 is 0 Å². The molecule has 0 bridgehead atoms. The fourth-order valence-electron chi connectivity index (χ4n) is 3.25. The molecule has 0 saturated heterocycles. The summed E-state index contributed by atoms with van der Waals surface area (Å²) in [6, 6.07) is 17.0. The summed E-state index contributed by atoms with van der Waals surface area (Å²) in [5.74, 6) is 1.89. The highest BCUT2D eigenvalue weighted by Gasteiger charge is 2.29. The third-order valence-corrected chi connectivity index (χ3v) is 6.16. The maximum absolute atomic E-state index is 12.6. The molecule has 1 aliphatic rings. The molecule has 29 heavy (non-hydrogen) atoms. The smallest absolute Gasteiger partial charge is 0.255 e. The fourth-order valence-corrected chi connectivity index (χ4v) is 4.50. The molecule has 1 aromatic heterocycles. The summed E-state index contributed by atoms with van der Waals surface area (Å²) >= 11 is 1.77. The van der Waals surface area contributed by atoms with Crippen molar-refractivity contribution in [3.8, 4) is 11.5 Å². The molecular formula is C22H21N3O3S. The quantitative estimate of drug-likeness (QED) is 0.667. The molecule has 0 spiro atoms. The summed E-state index contributed by atoms with van der Waals surface area (Å²) in [5, 5.41) is 3.09. The summed E-state index contributed by atoms with van der Waals surface area (Å²) in [5.41, 5.74) is 2.38. The number of nitrogens with one attached hydrogen (secondary N) is 1. The number of hydrogen-bond acceptors (Lipinski definition) is 6. The Hall–Kier alpha value is -3.19. The third kappa shape index (κ3) is 3.73. The molecule has 7 heteroatoms. The van der Waals surface area contributed by atoms with Crippen molar-refractivity contribution < 1.29 is 14.3 Å². The van der Waals surface area contributed by atoms with Gasteiger partial charge in [-0.1, -0.05) is 23.9 Å². The summed E-state index contributed by atoms with van der Waals surface area (Å²) in [4.78, 5) is 20.4. The van der Waals surface area contributed by atoms with Gasteiger partial charge in [0.15, 0.2) is 11.5 Å². The van der Waals surface area contributed by atoms with E-state index in [-0.39, 0.29) is 11.3 Å². The van der Waals surface area contributed by atoms with Gasteiger partial charge in [0.2, 0.25) is 0 Å². The van der Waals surface area contributed by atoms with Gasteiger partial charge in [-0.3, -0.25) is 4.79 Å². The second-order valence-electron chi connectivity index (χ2n) is 6.55. The predicted molar refractivity (Wildman–Crippen MR) is 115 cm³/mol. The largest absolute Gasteiger partial charge is 0.493 e. The number of carbonyl (C=O) groups is 1. The number of ether oxygens (including phenoxy) is 2. The van der Waals surface area contributed by atoms with E-state index >= 15 is 0 Å². The number of benzene rings is 2. The number of carbonyl (C=O) groups excluding carboxylic acids is 1. The average Bonchev–Trinajstić information content (AvgIpc) is 3.10. The molecule has 2 heterocycles. The first-order chi connectivity index (χ1) is 14.1. The number of thioether (sulfide) groups is 1. The summed E-state index contributed by atoms with van der Waals surface area (Å²) in [6.07, 6.45) is 1.81. The topological polar surface area (TPSA) is 63.7 Å². The highest BCUT2D eigenvalue weighted by molar-refractivity contribution is 8.00. The first-order valence-corrected chi connectivity index (χ1v) is 9.96. The van der Waals surface area contributed by atoms with Crippen LogP contribution in [0.3, 0.4) is 0 Å². The second kappa shape index (κ2) is 8.05. The number of nitrogens with zero attached hydrogens (tertiary/aromatic N) is 2. The lowest BCUT2D eigenvalue weighted by Crippen LogP contribution is -2.18. The molecule has 1 amide bonds. The van der Waals surface area contributed by atoms with E-state index in [1.807, 2.05) is 43.6 Å². The Morgan fingerprint density at radius 3 is 2.52 bits per heavy atom. The van der Waals surface area contributed by atoms with E-state index < -0.39 is 0 Å². The first kappa shape index (κ1) is 19.1. The zero-order valence-corrected chi connectivity index (χ0v) is 17.2. The Labute approximate surface area is 173 Å². The molecule has 0 saturated carbocycles. The van der Waals surface area contributed by atoms with Crippen molar-refractivity contribution >= 4 is 29.2 Å². The zero-order valence-electron chi connectivity index (χ0n) is 16.4. The molecule has 1 N–H and O–H groups in total. The van der Waals surface area contributed by atoms with Crippen molar-refractivity contribution in [2.24, 2.45) is 0 Å². The van der Waals surface area contributed by atoms with Crippen LogP contribution in [0.4, 0.5) is 11.5 Å². The zero-order chi connectivity index (χ0) is 20.4. The lowest BCUT2D eigenvalue weighted by Gasteiger charge is -2.21. The first-order valence-electron chi connectivity index (χ1n) is 9.08. The van der Waals surface area contributed by atoms with Crippen LogP contribution >= 0.6 is 11.8 Å². The fraction of sp³-hybridized carbons (Fsp3) is 0.182. The molecule has 1 unspecified atom stereocenters. The van der Waals surface area contributed by atoms with Gasteiger partial charge in [0.25, 0.3) is 5.91 Å². The van der Waals surface area contributed by atoms with E-state index in [1.165, 1.54) is 4.90 Å². The average molecular weight is 407 g/mol. The molecule has 6 nitrogen and oxygen atoms in total. The van der Waals surface area contributed by atoms with Gasteiger partial charge in [-0.15, -0.1) is 0 Å². The molecular weight excluding hydrogens is 386 g/mol. The number of aromatic nitrogens is 1. The monoisotopic (exact) mass is 407 g/mol. The minimum absolute atomic E-state index is 0.163. The van der Waals surface area contributed by atoms with E-state index in [2.05, 4.69) is 21.3 Å². The number of anilines is 2. The van der Waals surface area contributed by atoms with Gasteiger partial charge in [-0.25, -0.2) is 4.98 Å². The Balaban J connectivity index is 1.47. The minimum Gasteiger partial charge on any atom is -0.493 e.